The average Bonchev–Trinajstić information content (AvgIpc) is 3.40. The molecule has 0 saturated heterocycles. The minimum atomic E-state index is -0.286. The predicted molar refractivity (Wildman–Crippen MR) is 108 cm³/mol. The molecule has 0 bridgehead atoms. The Morgan fingerprint density at radius 1 is 1.04 bits per heavy atom. The summed E-state index contributed by atoms with van der Waals surface area (Å²) < 4.78 is 3.19. The highest BCUT2D eigenvalue weighted by Crippen LogP contribution is 2.28. The molecule has 0 amide bonds. The molecule has 0 aromatic carbocycles. The molecule has 1 aliphatic rings. The van der Waals surface area contributed by atoms with E-state index in [1.54, 1.807) is 22.9 Å². The number of thioether (sulfide) groups is 1. The summed E-state index contributed by atoms with van der Waals surface area (Å²) in [4.78, 5) is 34.9. The van der Waals surface area contributed by atoms with Crippen LogP contribution in [0.4, 0.5) is 0 Å². The maximum atomic E-state index is 13.1. The van der Waals surface area contributed by atoms with Crippen molar-refractivity contribution in [3.63, 3.8) is 0 Å². The lowest BCUT2D eigenvalue weighted by Gasteiger charge is -2.14. The van der Waals surface area contributed by atoms with Crippen LogP contribution in [0.3, 0.4) is 0 Å². The summed E-state index contributed by atoms with van der Waals surface area (Å²) >= 11 is 1.39. The van der Waals surface area contributed by atoms with E-state index in [1.807, 2.05) is 18.5 Å². The predicted octanol–water partition coefficient (Wildman–Crippen LogP) is 2.66. The van der Waals surface area contributed by atoms with E-state index in [0.717, 1.165) is 25.7 Å². The van der Waals surface area contributed by atoms with Gasteiger partial charge in [0.05, 0.1) is 21.8 Å². The number of nitrogens with zero attached hydrogens (tertiary/aromatic N) is 5. The molecule has 8 nitrogen and oxygen atoms in total. The minimum Gasteiger partial charge on any atom is -0.312 e. The van der Waals surface area contributed by atoms with E-state index < -0.39 is 0 Å². The summed E-state index contributed by atoms with van der Waals surface area (Å²) in [7, 11) is 0. The molecule has 142 valence electrons. The highest BCUT2D eigenvalue weighted by atomic mass is 32.2. The third kappa shape index (κ3) is 2.65. The summed E-state index contributed by atoms with van der Waals surface area (Å²) in [5.74, 6) is 0.341. The number of aromatic amines is 1. The van der Waals surface area contributed by atoms with E-state index in [4.69, 9.17) is 0 Å². The van der Waals surface area contributed by atoms with Crippen LogP contribution in [0.25, 0.3) is 27.8 Å². The van der Waals surface area contributed by atoms with E-state index >= 15 is 0 Å². The molecular formula is C19H18N6O2S. The first-order valence-electron chi connectivity index (χ1n) is 9.20. The van der Waals surface area contributed by atoms with Crippen molar-refractivity contribution in [3.8, 4) is 5.95 Å². The number of H-pyrrole nitrogens is 1. The number of nitrogens with one attached hydrogen (secondary N) is 1. The molecule has 0 spiro atoms. The molecule has 1 aliphatic carbocycles. The van der Waals surface area contributed by atoms with E-state index in [0.29, 0.717) is 32.9 Å². The van der Waals surface area contributed by atoms with Gasteiger partial charge in [-0.25, -0.2) is 10.1 Å². The Kier molecular flexibility index (Phi) is 4.04. The van der Waals surface area contributed by atoms with E-state index in [2.05, 4.69) is 20.2 Å². The van der Waals surface area contributed by atoms with Crippen molar-refractivity contribution in [2.45, 2.75) is 36.9 Å². The highest BCUT2D eigenvalue weighted by molar-refractivity contribution is 7.98. The Labute approximate surface area is 163 Å². The standard InChI is InChI=1S/C19H18N6O2S/c1-28-19-21-18(22-23-19)25-9-7-15-13(17(25)27)10-12-14(20-15)6-8-24(16(12)26)11-4-2-3-5-11/h6-11H,2-5H2,1H3,(H,21,22,23). The first kappa shape index (κ1) is 17.2. The number of fused-ring (bicyclic) bond motifs is 2. The van der Waals surface area contributed by atoms with Crippen LogP contribution in [0.5, 0.6) is 0 Å². The second-order valence-electron chi connectivity index (χ2n) is 6.96. The first-order valence-corrected chi connectivity index (χ1v) is 10.4. The lowest BCUT2D eigenvalue weighted by Crippen LogP contribution is -2.24. The van der Waals surface area contributed by atoms with Gasteiger partial charge in [0.2, 0.25) is 11.1 Å². The monoisotopic (exact) mass is 394 g/mol. The quantitative estimate of drug-likeness (QED) is 0.424. The van der Waals surface area contributed by atoms with Gasteiger partial charge in [0.25, 0.3) is 11.1 Å². The van der Waals surface area contributed by atoms with Crippen molar-refractivity contribution in [3.05, 3.63) is 51.3 Å². The maximum Gasteiger partial charge on any atom is 0.266 e. The van der Waals surface area contributed by atoms with Gasteiger partial charge in [0, 0.05) is 18.4 Å². The normalized spacial score (nSPS) is 15.0. The van der Waals surface area contributed by atoms with Crippen LogP contribution in [-0.2, 0) is 0 Å². The topological polar surface area (TPSA) is 98.5 Å². The van der Waals surface area contributed by atoms with E-state index in [-0.39, 0.29) is 17.2 Å². The van der Waals surface area contributed by atoms with Gasteiger partial charge < -0.3 is 4.57 Å². The zero-order valence-corrected chi connectivity index (χ0v) is 16.1. The van der Waals surface area contributed by atoms with Crippen LogP contribution in [0, 0.1) is 0 Å². The molecule has 5 rings (SSSR count). The van der Waals surface area contributed by atoms with Gasteiger partial charge in [-0.1, -0.05) is 24.6 Å². The molecule has 1 N–H and O–H groups in total. The molecule has 0 unspecified atom stereocenters. The first-order chi connectivity index (χ1) is 13.7. The summed E-state index contributed by atoms with van der Waals surface area (Å²) in [5.41, 5.74) is 0.786. The largest absolute Gasteiger partial charge is 0.312 e. The Bertz CT molecular complexity index is 1320. The van der Waals surface area contributed by atoms with Crippen molar-refractivity contribution in [2.75, 3.05) is 6.26 Å². The number of aromatic nitrogens is 6. The summed E-state index contributed by atoms with van der Waals surface area (Å²) in [5, 5.41) is 8.23. The SMILES string of the molecule is CSc1n[nH]c(-n2ccc3nc4ccn(C5CCCC5)c(=O)c4cc3c2=O)n1. The van der Waals surface area contributed by atoms with Crippen LogP contribution in [-0.4, -0.2) is 35.6 Å². The van der Waals surface area contributed by atoms with Gasteiger partial charge in [-0.2, -0.15) is 4.98 Å². The smallest absolute Gasteiger partial charge is 0.266 e. The second-order valence-corrected chi connectivity index (χ2v) is 7.73. The second kappa shape index (κ2) is 6.59. The van der Waals surface area contributed by atoms with Crippen LogP contribution in [0.15, 0.2) is 45.3 Å². The van der Waals surface area contributed by atoms with Gasteiger partial charge in [-0.3, -0.25) is 14.2 Å². The Balaban J connectivity index is 1.72. The van der Waals surface area contributed by atoms with Crippen LogP contribution in [0.2, 0.25) is 0 Å². The highest BCUT2D eigenvalue weighted by Gasteiger charge is 2.19. The zero-order valence-electron chi connectivity index (χ0n) is 15.3. The molecular weight excluding hydrogens is 376 g/mol. The minimum absolute atomic E-state index is 0.0852. The summed E-state index contributed by atoms with van der Waals surface area (Å²) in [6.45, 7) is 0. The number of rotatable bonds is 3. The lowest BCUT2D eigenvalue weighted by molar-refractivity contribution is 0.505. The van der Waals surface area contributed by atoms with Gasteiger partial charge in [-0.15, -0.1) is 5.10 Å². The van der Waals surface area contributed by atoms with Crippen LogP contribution >= 0.6 is 11.8 Å². The van der Waals surface area contributed by atoms with Crippen molar-refractivity contribution in [2.24, 2.45) is 0 Å². The van der Waals surface area contributed by atoms with Gasteiger partial charge >= 0.3 is 0 Å². The van der Waals surface area contributed by atoms with Crippen molar-refractivity contribution in [1.82, 2.24) is 29.3 Å². The molecule has 4 aromatic rings. The van der Waals surface area contributed by atoms with Crippen molar-refractivity contribution >= 4 is 33.6 Å². The summed E-state index contributed by atoms with van der Waals surface area (Å²) in [6.07, 6.45) is 9.63. The Morgan fingerprint density at radius 2 is 1.75 bits per heavy atom. The third-order valence-corrected chi connectivity index (χ3v) is 5.90. The fourth-order valence-electron chi connectivity index (χ4n) is 3.91. The molecule has 0 radical (unpaired) electrons. The fourth-order valence-corrected chi connectivity index (χ4v) is 4.23. The molecule has 4 heterocycles. The number of hydrogen-bond acceptors (Lipinski definition) is 6. The summed E-state index contributed by atoms with van der Waals surface area (Å²) in [6, 6.07) is 5.51. The van der Waals surface area contributed by atoms with Gasteiger partial charge in [-0.05, 0) is 37.3 Å². The van der Waals surface area contributed by atoms with E-state index in [1.165, 1.54) is 16.3 Å². The molecule has 1 fully saturated rings. The van der Waals surface area contributed by atoms with Crippen LogP contribution in [0.1, 0.15) is 31.7 Å². The lowest BCUT2D eigenvalue weighted by atomic mass is 10.1. The third-order valence-electron chi connectivity index (χ3n) is 5.35. The van der Waals surface area contributed by atoms with Gasteiger partial charge in [0.15, 0.2) is 0 Å². The number of pyridine rings is 3. The zero-order chi connectivity index (χ0) is 19.3. The number of hydrogen-bond donors (Lipinski definition) is 1. The molecule has 9 heteroatoms. The van der Waals surface area contributed by atoms with Gasteiger partial charge in [0.1, 0.15) is 0 Å². The molecule has 28 heavy (non-hydrogen) atoms. The molecule has 4 aromatic heterocycles. The van der Waals surface area contributed by atoms with Crippen molar-refractivity contribution in [1.29, 1.82) is 0 Å². The van der Waals surface area contributed by atoms with Crippen molar-refractivity contribution < 1.29 is 0 Å². The van der Waals surface area contributed by atoms with Crippen LogP contribution < -0.4 is 11.1 Å². The maximum absolute atomic E-state index is 13.1. The molecule has 0 atom stereocenters. The van der Waals surface area contributed by atoms with E-state index in [9.17, 15) is 9.59 Å². The molecule has 0 aliphatic heterocycles. The molecule has 1 saturated carbocycles. The fraction of sp³-hybridized carbons (Fsp3) is 0.316. The Hall–Kier alpha value is -2.94. The Morgan fingerprint density at radius 3 is 2.46 bits per heavy atom. The average molecular weight is 394 g/mol.